The minimum Gasteiger partial charge on any atom is -0.383 e. The Bertz CT molecular complexity index is 1250. The summed E-state index contributed by atoms with van der Waals surface area (Å²) in [6.07, 6.45) is 0.624. The largest absolute Gasteiger partial charge is 0.383 e. The Balaban J connectivity index is 1.79. The average Bonchev–Trinajstić information content (AvgIpc) is 2.73. The number of carbonyl (C=O) groups excluding carboxylic acids is 1. The zero-order valence-corrected chi connectivity index (χ0v) is 19.8. The summed E-state index contributed by atoms with van der Waals surface area (Å²) in [7, 11) is -3.87. The summed E-state index contributed by atoms with van der Waals surface area (Å²) in [6.45, 7) is 3.66. The summed E-state index contributed by atoms with van der Waals surface area (Å²) >= 11 is 7.13. The first kappa shape index (κ1) is 24.0. The van der Waals surface area contributed by atoms with Crippen LogP contribution < -0.4 is 16.2 Å². The van der Waals surface area contributed by atoms with E-state index in [1.54, 1.807) is 25.1 Å². The molecule has 0 saturated carbocycles. The molecule has 0 radical (unpaired) electrons. The minimum absolute atomic E-state index is 0.0860. The molecule has 1 atom stereocenters. The lowest BCUT2D eigenvalue weighted by Crippen LogP contribution is -2.23. The molecule has 0 aliphatic heterocycles. The van der Waals surface area contributed by atoms with Gasteiger partial charge in [0.1, 0.15) is 5.82 Å². The standard InChI is InChI=1S/C21H22ClN5O3S2/c1-3-17-18(13-7-9-14(22)10-8-13)19(23)27-21(26-17)31-12(2)20(28)25-15-5-4-6-16(11-15)32(24,29)30/h4-12H,3H2,1-2H3,(H,25,28)(H2,23,26,27)(H2,24,29,30). The summed E-state index contributed by atoms with van der Waals surface area (Å²) in [4.78, 5) is 21.5. The number of primary sulfonamides is 1. The number of hydrogen-bond donors (Lipinski definition) is 3. The molecule has 0 spiro atoms. The first-order valence-corrected chi connectivity index (χ1v) is 12.4. The van der Waals surface area contributed by atoms with Gasteiger partial charge in [-0.05, 0) is 49.2 Å². The van der Waals surface area contributed by atoms with Gasteiger partial charge in [-0.2, -0.15) is 0 Å². The Morgan fingerprint density at radius 3 is 2.50 bits per heavy atom. The van der Waals surface area contributed by atoms with Gasteiger partial charge >= 0.3 is 0 Å². The molecule has 3 aromatic rings. The second kappa shape index (κ2) is 9.86. The quantitative estimate of drug-likeness (QED) is 0.338. The van der Waals surface area contributed by atoms with E-state index in [0.717, 1.165) is 28.6 Å². The van der Waals surface area contributed by atoms with Gasteiger partial charge in [-0.3, -0.25) is 4.79 Å². The topological polar surface area (TPSA) is 141 Å². The van der Waals surface area contributed by atoms with Crippen molar-refractivity contribution in [3.8, 4) is 11.1 Å². The summed E-state index contributed by atoms with van der Waals surface area (Å²) in [6, 6.07) is 13.0. The van der Waals surface area contributed by atoms with Crippen molar-refractivity contribution in [2.24, 2.45) is 5.14 Å². The number of sulfonamides is 1. The third-order valence-electron chi connectivity index (χ3n) is 4.54. The van der Waals surface area contributed by atoms with E-state index in [1.165, 1.54) is 18.2 Å². The van der Waals surface area contributed by atoms with Gasteiger partial charge in [0, 0.05) is 16.3 Å². The third kappa shape index (κ3) is 5.77. The summed E-state index contributed by atoms with van der Waals surface area (Å²) < 4.78 is 23.0. The fourth-order valence-electron chi connectivity index (χ4n) is 2.95. The van der Waals surface area contributed by atoms with Crippen LogP contribution in [0.2, 0.25) is 5.02 Å². The molecule has 32 heavy (non-hydrogen) atoms. The lowest BCUT2D eigenvalue weighted by Gasteiger charge is -2.15. The van der Waals surface area contributed by atoms with E-state index in [9.17, 15) is 13.2 Å². The van der Waals surface area contributed by atoms with E-state index >= 15 is 0 Å². The molecule has 0 aliphatic carbocycles. The predicted octanol–water partition coefficient (Wildman–Crippen LogP) is 3.71. The second-order valence-corrected chi connectivity index (χ2v) is 10.2. The molecule has 0 fully saturated rings. The van der Waals surface area contributed by atoms with Crippen LogP contribution in [0.3, 0.4) is 0 Å². The number of amides is 1. The molecule has 168 valence electrons. The van der Waals surface area contributed by atoms with Gasteiger partial charge in [0.25, 0.3) is 0 Å². The molecular formula is C21H22ClN5O3S2. The lowest BCUT2D eigenvalue weighted by atomic mass is 10.0. The highest BCUT2D eigenvalue weighted by Gasteiger charge is 2.20. The van der Waals surface area contributed by atoms with Crippen molar-refractivity contribution in [2.45, 2.75) is 35.6 Å². The Hall–Kier alpha value is -2.66. The van der Waals surface area contributed by atoms with Crippen LogP contribution in [0.1, 0.15) is 19.5 Å². The maximum Gasteiger partial charge on any atom is 0.238 e. The van der Waals surface area contributed by atoms with Gasteiger partial charge in [0.15, 0.2) is 5.16 Å². The Morgan fingerprint density at radius 1 is 1.19 bits per heavy atom. The number of nitrogen functional groups attached to an aromatic ring is 1. The molecule has 0 aliphatic rings. The molecular weight excluding hydrogens is 470 g/mol. The van der Waals surface area contributed by atoms with Gasteiger partial charge in [0.05, 0.1) is 15.8 Å². The van der Waals surface area contributed by atoms with Crippen LogP contribution in [0.5, 0.6) is 0 Å². The molecule has 0 bridgehead atoms. The molecule has 1 heterocycles. The summed E-state index contributed by atoms with van der Waals surface area (Å²) in [5.74, 6) is -0.0290. The van der Waals surface area contributed by atoms with Crippen LogP contribution in [0.4, 0.5) is 11.5 Å². The van der Waals surface area contributed by atoms with Gasteiger partial charge in [-0.25, -0.2) is 23.5 Å². The number of hydrogen-bond acceptors (Lipinski definition) is 7. The lowest BCUT2D eigenvalue weighted by molar-refractivity contribution is -0.115. The van der Waals surface area contributed by atoms with E-state index in [0.29, 0.717) is 28.1 Å². The Labute approximate surface area is 195 Å². The van der Waals surface area contributed by atoms with Crippen molar-refractivity contribution in [1.82, 2.24) is 9.97 Å². The molecule has 1 amide bonds. The van der Waals surface area contributed by atoms with Crippen molar-refractivity contribution < 1.29 is 13.2 Å². The van der Waals surface area contributed by atoms with E-state index in [4.69, 9.17) is 22.5 Å². The maximum absolute atomic E-state index is 12.6. The molecule has 1 aromatic heterocycles. The van der Waals surface area contributed by atoms with Crippen molar-refractivity contribution in [3.05, 3.63) is 59.2 Å². The first-order chi connectivity index (χ1) is 15.1. The predicted molar refractivity (Wildman–Crippen MR) is 128 cm³/mol. The van der Waals surface area contributed by atoms with Crippen molar-refractivity contribution in [3.63, 3.8) is 0 Å². The Morgan fingerprint density at radius 2 is 1.88 bits per heavy atom. The van der Waals surface area contributed by atoms with Crippen molar-refractivity contribution in [2.75, 3.05) is 11.1 Å². The van der Waals surface area contributed by atoms with Gasteiger partial charge in [-0.1, -0.05) is 48.5 Å². The number of aryl methyl sites for hydroxylation is 1. The number of halogens is 1. The number of nitrogens with two attached hydrogens (primary N) is 2. The summed E-state index contributed by atoms with van der Waals surface area (Å²) in [5.41, 5.74) is 8.92. The van der Waals surface area contributed by atoms with Crippen LogP contribution >= 0.6 is 23.4 Å². The molecule has 2 aromatic carbocycles. The highest BCUT2D eigenvalue weighted by Crippen LogP contribution is 2.32. The highest BCUT2D eigenvalue weighted by atomic mass is 35.5. The number of nitrogens with one attached hydrogen (secondary N) is 1. The van der Waals surface area contributed by atoms with Crippen LogP contribution in [-0.4, -0.2) is 29.5 Å². The minimum atomic E-state index is -3.87. The van der Waals surface area contributed by atoms with Gasteiger partial charge in [0.2, 0.25) is 15.9 Å². The fraction of sp³-hybridized carbons (Fsp3) is 0.190. The zero-order valence-electron chi connectivity index (χ0n) is 17.4. The van der Waals surface area contributed by atoms with Crippen LogP contribution in [0, 0.1) is 0 Å². The highest BCUT2D eigenvalue weighted by molar-refractivity contribution is 8.00. The van der Waals surface area contributed by atoms with Gasteiger partial charge in [-0.15, -0.1) is 0 Å². The van der Waals surface area contributed by atoms with E-state index in [2.05, 4.69) is 15.3 Å². The second-order valence-electron chi connectivity index (χ2n) is 6.90. The third-order valence-corrected chi connectivity index (χ3v) is 6.66. The number of anilines is 2. The van der Waals surface area contributed by atoms with E-state index in [1.807, 2.05) is 19.1 Å². The van der Waals surface area contributed by atoms with Crippen LogP contribution in [0.15, 0.2) is 58.6 Å². The van der Waals surface area contributed by atoms with Crippen molar-refractivity contribution >= 4 is 50.8 Å². The number of aromatic nitrogens is 2. The Kier molecular flexibility index (Phi) is 7.40. The van der Waals surface area contributed by atoms with Crippen LogP contribution in [-0.2, 0) is 21.2 Å². The fourth-order valence-corrected chi connectivity index (χ4v) is 4.43. The average molecular weight is 492 g/mol. The van der Waals surface area contributed by atoms with E-state index < -0.39 is 15.3 Å². The summed E-state index contributed by atoms with van der Waals surface area (Å²) in [5, 5.41) is 8.24. The number of rotatable bonds is 7. The molecule has 11 heteroatoms. The van der Waals surface area contributed by atoms with Crippen LogP contribution in [0.25, 0.3) is 11.1 Å². The zero-order chi connectivity index (χ0) is 23.5. The number of carbonyl (C=O) groups is 1. The SMILES string of the molecule is CCc1nc(SC(C)C(=O)Nc2cccc(S(N)(=O)=O)c2)nc(N)c1-c1ccc(Cl)cc1. The first-order valence-electron chi connectivity index (χ1n) is 9.61. The molecule has 8 nitrogen and oxygen atoms in total. The van der Waals surface area contributed by atoms with Crippen molar-refractivity contribution in [1.29, 1.82) is 0 Å². The number of thioether (sulfide) groups is 1. The number of benzene rings is 2. The molecule has 1 unspecified atom stereocenters. The number of nitrogens with zero attached hydrogens (tertiary/aromatic N) is 2. The monoisotopic (exact) mass is 491 g/mol. The molecule has 5 N–H and O–H groups in total. The van der Waals surface area contributed by atoms with E-state index in [-0.39, 0.29) is 10.8 Å². The smallest absolute Gasteiger partial charge is 0.238 e. The maximum atomic E-state index is 12.6. The molecule has 3 rings (SSSR count). The normalized spacial score (nSPS) is 12.4. The van der Waals surface area contributed by atoms with Gasteiger partial charge < -0.3 is 11.1 Å². The molecule has 0 saturated heterocycles.